The van der Waals surface area contributed by atoms with Gasteiger partial charge in [-0.3, -0.25) is 0 Å². The summed E-state index contributed by atoms with van der Waals surface area (Å²) in [6, 6.07) is 4.84. The molecule has 0 heterocycles. The molecule has 0 spiro atoms. The van der Waals surface area contributed by atoms with Crippen LogP contribution >= 0.6 is 0 Å². The Balaban J connectivity index is 2.51. The largest absolute Gasteiger partial charge is 0.388 e. The Morgan fingerprint density at radius 2 is 1.29 bits per heavy atom. The monoisotopic (exact) mass is 366 g/mol. The van der Waals surface area contributed by atoms with Crippen LogP contribution in [0.4, 0.5) is 39.5 Å². The van der Waals surface area contributed by atoms with Crippen molar-refractivity contribution in [3.63, 3.8) is 0 Å². The number of aliphatic hydroxyl groups excluding tert-OH is 1. The minimum absolute atomic E-state index is 0.350. The van der Waals surface area contributed by atoms with Gasteiger partial charge in [-0.25, -0.2) is 4.39 Å². The zero-order chi connectivity index (χ0) is 18.8. The predicted octanol–water partition coefficient (Wildman–Crippen LogP) is 4.68. The van der Waals surface area contributed by atoms with Gasteiger partial charge in [-0.05, 0) is 12.5 Å². The Kier molecular flexibility index (Phi) is 3.95. The zero-order valence-corrected chi connectivity index (χ0v) is 11.9. The van der Waals surface area contributed by atoms with Crippen LogP contribution in [-0.2, 0) is 0 Å². The van der Waals surface area contributed by atoms with E-state index in [1.165, 1.54) is 19.1 Å². The van der Waals surface area contributed by atoms with Gasteiger partial charge in [0, 0.05) is 6.42 Å². The molecule has 0 saturated heterocycles. The van der Waals surface area contributed by atoms with Crippen molar-refractivity contribution in [2.24, 2.45) is 0 Å². The van der Waals surface area contributed by atoms with Gasteiger partial charge in [0.2, 0.25) is 0 Å². The van der Waals surface area contributed by atoms with Crippen molar-refractivity contribution in [2.45, 2.75) is 48.8 Å². The van der Waals surface area contributed by atoms with Crippen LogP contribution in [0.25, 0.3) is 0 Å². The number of rotatable bonds is 3. The molecule has 1 fully saturated rings. The van der Waals surface area contributed by atoms with Crippen molar-refractivity contribution in [1.29, 1.82) is 0 Å². The second kappa shape index (κ2) is 5.03. The van der Waals surface area contributed by atoms with Gasteiger partial charge in [-0.1, -0.05) is 29.8 Å². The minimum atomic E-state index is -6.62. The molecule has 1 aliphatic rings. The molecular formula is C14H11F9O. The molecule has 10 heteroatoms. The lowest BCUT2D eigenvalue weighted by Crippen LogP contribution is -2.55. The quantitative estimate of drug-likeness (QED) is 0.770. The topological polar surface area (TPSA) is 20.2 Å². The van der Waals surface area contributed by atoms with E-state index in [2.05, 4.69) is 0 Å². The van der Waals surface area contributed by atoms with Crippen molar-refractivity contribution < 1.29 is 44.6 Å². The van der Waals surface area contributed by atoms with Gasteiger partial charge >= 0.3 is 23.7 Å². The summed E-state index contributed by atoms with van der Waals surface area (Å²) in [7, 11) is 0. The fraction of sp³-hybridized carbons (Fsp3) is 0.571. The molecule has 1 aromatic carbocycles. The van der Waals surface area contributed by atoms with Crippen molar-refractivity contribution in [3.05, 3.63) is 35.4 Å². The standard InChI is InChI=1S/C14H11F9O/c1-7-3-2-4-8(5-7)9(24)6-10(15)11(16,17)13(20,21)14(22,23)12(10,18)19/h2-5,9,24H,6H2,1H3. The lowest BCUT2D eigenvalue weighted by molar-refractivity contribution is -0.303. The van der Waals surface area contributed by atoms with E-state index >= 15 is 0 Å². The number of hydrogen-bond acceptors (Lipinski definition) is 1. The molecule has 1 N–H and O–H groups in total. The number of halogens is 9. The number of benzene rings is 1. The first-order valence-electron chi connectivity index (χ1n) is 6.58. The van der Waals surface area contributed by atoms with Crippen LogP contribution < -0.4 is 0 Å². The van der Waals surface area contributed by atoms with E-state index in [1.54, 1.807) is 0 Å². The van der Waals surface area contributed by atoms with Gasteiger partial charge in [0.15, 0.2) is 0 Å². The molecule has 0 radical (unpaired) electrons. The number of aryl methyl sites for hydroxylation is 1. The van der Waals surface area contributed by atoms with Crippen LogP contribution in [-0.4, -0.2) is 34.5 Å². The van der Waals surface area contributed by atoms with Gasteiger partial charge < -0.3 is 5.11 Å². The van der Waals surface area contributed by atoms with Gasteiger partial charge in [0.25, 0.3) is 5.67 Å². The summed E-state index contributed by atoms with van der Waals surface area (Å²) in [6.45, 7) is 1.46. The van der Waals surface area contributed by atoms with E-state index in [4.69, 9.17) is 0 Å². The number of hydrogen-bond donors (Lipinski definition) is 1. The van der Waals surface area contributed by atoms with Crippen LogP contribution in [0.2, 0.25) is 0 Å². The van der Waals surface area contributed by atoms with Crippen LogP contribution in [0.1, 0.15) is 23.7 Å². The lowest BCUT2D eigenvalue weighted by Gasteiger charge is -2.32. The van der Waals surface area contributed by atoms with Gasteiger partial charge in [-0.2, -0.15) is 35.1 Å². The third kappa shape index (κ3) is 2.01. The molecule has 0 bridgehead atoms. The number of alkyl halides is 9. The normalized spacial score (nSPS) is 27.0. The summed E-state index contributed by atoms with van der Waals surface area (Å²) in [5.41, 5.74) is -5.58. The number of aliphatic hydroxyl groups is 1. The van der Waals surface area contributed by atoms with Gasteiger partial charge in [-0.15, -0.1) is 0 Å². The van der Waals surface area contributed by atoms with Crippen LogP contribution in [0, 0.1) is 6.92 Å². The van der Waals surface area contributed by atoms with E-state index in [9.17, 15) is 44.6 Å². The molecule has 1 unspecified atom stereocenters. The van der Waals surface area contributed by atoms with Gasteiger partial charge in [0.1, 0.15) is 0 Å². The van der Waals surface area contributed by atoms with Crippen molar-refractivity contribution in [3.8, 4) is 0 Å². The molecule has 1 saturated carbocycles. The Hall–Kier alpha value is -1.45. The van der Waals surface area contributed by atoms with Gasteiger partial charge in [0.05, 0.1) is 6.10 Å². The van der Waals surface area contributed by atoms with Crippen molar-refractivity contribution in [1.82, 2.24) is 0 Å². The van der Waals surface area contributed by atoms with E-state index in [0.717, 1.165) is 12.1 Å². The highest BCUT2D eigenvalue weighted by atomic mass is 19.4. The average molecular weight is 366 g/mol. The molecule has 0 aromatic heterocycles. The Bertz CT molecular complexity index is 615. The third-order valence-electron chi connectivity index (χ3n) is 4.08. The maximum atomic E-state index is 14.3. The molecule has 1 aromatic rings. The predicted molar refractivity (Wildman–Crippen MR) is 64.4 cm³/mol. The summed E-state index contributed by atoms with van der Waals surface area (Å²) >= 11 is 0. The molecule has 2 rings (SSSR count). The third-order valence-corrected chi connectivity index (χ3v) is 4.08. The van der Waals surface area contributed by atoms with E-state index < -0.39 is 41.9 Å². The maximum Gasteiger partial charge on any atom is 0.381 e. The average Bonchev–Trinajstić information content (AvgIpc) is 2.49. The van der Waals surface area contributed by atoms with E-state index in [-0.39, 0.29) is 5.56 Å². The highest BCUT2D eigenvalue weighted by Gasteiger charge is 3.00. The van der Waals surface area contributed by atoms with E-state index in [1.807, 2.05) is 0 Å². The SMILES string of the molecule is Cc1cccc(C(O)CC2(F)C(F)(F)C(F)(F)C(F)(F)C2(F)F)c1. The fourth-order valence-corrected chi connectivity index (χ4v) is 2.61. The molecule has 1 aliphatic carbocycles. The second-order valence-electron chi connectivity index (χ2n) is 5.73. The molecule has 0 aliphatic heterocycles. The Labute approximate surface area is 130 Å². The second-order valence-corrected chi connectivity index (χ2v) is 5.73. The molecule has 1 atom stereocenters. The Morgan fingerprint density at radius 3 is 1.71 bits per heavy atom. The summed E-state index contributed by atoms with van der Waals surface area (Å²) in [5, 5.41) is 9.68. The fourth-order valence-electron chi connectivity index (χ4n) is 2.61. The molecule has 1 nitrogen and oxygen atoms in total. The summed E-state index contributed by atoms with van der Waals surface area (Å²) in [5.74, 6) is -26.0. The first-order chi connectivity index (χ1) is 10.6. The van der Waals surface area contributed by atoms with Crippen molar-refractivity contribution in [2.75, 3.05) is 0 Å². The summed E-state index contributed by atoms with van der Waals surface area (Å²) < 4.78 is 121. The van der Waals surface area contributed by atoms with Crippen molar-refractivity contribution >= 4 is 0 Å². The van der Waals surface area contributed by atoms with Crippen LogP contribution in [0.15, 0.2) is 24.3 Å². The highest BCUT2D eigenvalue weighted by Crippen LogP contribution is 2.70. The summed E-state index contributed by atoms with van der Waals surface area (Å²) in [6.07, 6.45) is -4.75. The van der Waals surface area contributed by atoms with Crippen LogP contribution in [0.5, 0.6) is 0 Å². The Morgan fingerprint density at radius 1 is 0.833 bits per heavy atom. The lowest BCUT2D eigenvalue weighted by atomic mass is 9.87. The first kappa shape index (κ1) is 18.9. The highest BCUT2D eigenvalue weighted by molar-refractivity contribution is 5.30. The molecular weight excluding hydrogens is 355 g/mol. The smallest absolute Gasteiger partial charge is 0.381 e. The first-order valence-corrected chi connectivity index (χ1v) is 6.58. The minimum Gasteiger partial charge on any atom is -0.388 e. The molecule has 0 amide bonds. The summed E-state index contributed by atoms with van der Waals surface area (Å²) in [4.78, 5) is 0. The zero-order valence-electron chi connectivity index (χ0n) is 11.9. The maximum absolute atomic E-state index is 14.3. The molecule has 136 valence electrons. The molecule has 24 heavy (non-hydrogen) atoms. The van der Waals surface area contributed by atoms with E-state index in [0.29, 0.717) is 5.56 Å². The van der Waals surface area contributed by atoms with Crippen LogP contribution in [0.3, 0.4) is 0 Å².